The van der Waals surface area contributed by atoms with Gasteiger partial charge in [0.25, 0.3) is 11.5 Å². The number of carbonyl (C=O) groups is 2. The molecule has 0 bridgehead atoms. The monoisotopic (exact) mass is 1080 g/mol. The topological polar surface area (TPSA) is 218 Å². The number of aliphatic hydroxyl groups is 1. The summed E-state index contributed by atoms with van der Waals surface area (Å²) in [5, 5.41) is 17.0. The van der Waals surface area contributed by atoms with Gasteiger partial charge in [0.2, 0.25) is 0 Å². The third-order valence-corrected chi connectivity index (χ3v) is 11.8. The van der Waals surface area contributed by atoms with Crippen LogP contribution < -0.4 is 25.7 Å². The van der Waals surface area contributed by atoms with Crippen LogP contribution in [0, 0.1) is 19.7 Å². The van der Waals surface area contributed by atoms with E-state index in [4.69, 9.17) is 52.1 Å². The highest BCUT2D eigenvalue weighted by Gasteiger charge is 2.24. The van der Waals surface area contributed by atoms with Crippen LogP contribution in [-0.2, 0) is 61.9 Å². The molecule has 0 radical (unpaired) electrons. The number of nitrogens with zero attached hydrogens (tertiary/aromatic N) is 1. The highest BCUT2D eigenvalue weighted by molar-refractivity contribution is 6.08. The second-order valence-corrected chi connectivity index (χ2v) is 18.4. The summed E-state index contributed by atoms with van der Waals surface area (Å²) in [4.78, 5) is 41.8. The number of aromatic amines is 1. The number of aromatic nitrogens is 2. The molecular weight excluding hydrogens is 1010 g/mol. The molecule has 0 saturated heterocycles. The van der Waals surface area contributed by atoms with Crippen molar-refractivity contribution in [3.8, 4) is 28.4 Å². The van der Waals surface area contributed by atoms with Gasteiger partial charge in [-0.05, 0) is 105 Å². The maximum Gasteiger partial charge on any atom is 0.407 e. The van der Waals surface area contributed by atoms with E-state index in [9.17, 15) is 23.9 Å². The van der Waals surface area contributed by atoms with E-state index in [2.05, 4.69) is 15.6 Å². The van der Waals surface area contributed by atoms with Crippen molar-refractivity contribution in [3.63, 3.8) is 0 Å². The smallest absolute Gasteiger partial charge is 0.407 e. The standard InChI is InChI=1S/C58H73FN4O15/c1-41-35-45(59)36-42(2)54(41)78-52-16-11-44(58(3,4)67)37-48(52)50-39-63(5)56(65)53-49(50)38-51(62-53)55(64)61-46-12-14-47(15-13-46)76-34-33-75-32-31-74-30-29-73-28-27-72-26-25-71-24-23-70-22-21-69-20-19-68-18-17-60-57(66)77-40-43-9-7-6-8-10-43/h6-16,35-39,62,67H,17-34,40H2,1-5H3,(H,60,66)(H,61,64). The molecule has 19 nitrogen and oxygen atoms in total. The zero-order valence-corrected chi connectivity index (χ0v) is 45.2. The molecule has 6 aromatic rings. The lowest BCUT2D eigenvalue weighted by Gasteiger charge is -2.22. The normalized spacial score (nSPS) is 11.5. The van der Waals surface area contributed by atoms with Crippen LogP contribution in [0.1, 0.15) is 46.6 Å². The summed E-state index contributed by atoms with van der Waals surface area (Å²) in [6.07, 6.45) is 1.18. The highest BCUT2D eigenvalue weighted by atomic mass is 19.1. The van der Waals surface area contributed by atoms with Gasteiger partial charge in [-0.2, -0.15) is 0 Å². The van der Waals surface area contributed by atoms with Crippen LogP contribution in [0.4, 0.5) is 14.9 Å². The Morgan fingerprint density at radius 2 is 1.18 bits per heavy atom. The minimum absolute atomic E-state index is 0.154. The van der Waals surface area contributed by atoms with Crippen molar-refractivity contribution in [1.29, 1.82) is 0 Å². The van der Waals surface area contributed by atoms with E-state index >= 15 is 0 Å². The summed E-state index contributed by atoms with van der Waals surface area (Å²) < 4.78 is 77.2. The molecule has 422 valence electrons. The fourth-order valence-electron chi connectivity index (χ4n) is 7.74. The summed E-state index contributed by atoms with van der Waals surface area (Å²) in [5.41, 5.74) is 3.17. The number of H-pyrrole nitrogens is 1. The molecule has 0 fully saturated rings. The van der Waals surface area contributed by atoms with Crippen LogP contribution in [0.5, 0.6) is 17.2 Å². The number of hydrogen-bond donors (Lipinski definition) is 4. The fourth-order valence-corrected chi connectivity index (χ4v) is 7.74. The van der Waals surface area contributed by atoms with Crippen LogP contribution in [0.3, 0.4) is 0 Å². The van der Waals surface area contributed by atoms with Gasteiger partial charge in [-0.25, -0.2) is 9.18 Å². The molecule has 4 N–H and O–H groups in total. The first-order valence-electron chi connectivity index (χ1n) is 25.9. The van der Waals surface area contributed by atoms with Gasteiger partial charge in [0.1, 0.15) is 47.5 Å². The van der Waals surface area contributed by atoms with E-state index in [-0.39, 0.29) is 29.2 Å². The van der Waals surface area contributed by atoms with E-state index in [1.165, 1.54) is 16.7 Å². The van der Waals surface area contributed by atoms with Crippen LogP contribution in [0.25, 0.3) is 22.0 Å². The predicted molar refractivity (Wildman–Crippen MR) is 291 cm³/mol. The summed E-state index contributed by atoms with van der Waals surface area (Å²) in [5.74, 6) is 0.637. The second-order valence-electron chi connectivity index (χ2n) is 18.4. The molecule has 0 aliphatic carbocycles. The average molecular weight is 1090 g/mol. The van der Waals surface area contributed by atoms with E-state index in [1.54, 1.807) is 89.5 Å². The minimum atomic E-state index is -1.21. The van der Waals surface area contributed by atoms with Crippen molar-refractivity contribution >= 4 is 28.6 Å². The number of halogens is 1. The number of nitrogens with one attached hydrogen (secondary N) is 3. The van der Waals surface area contributed by atoms with Gasteiger partial charge in [-0.1, -0.05) is 36.4 Å². The zero-order chi connectivity index (χ0) is 55.5. The molecule has 78 heavy (non-hydrogen) atoms. The SMILES string of the molecule is Cc1cc(F)cc(C)c1Oc1ccc(C(C)(C)O)cc1-c1cn(C)c(=O)c2[nH]c(C(=O)Nc3ccc(OCCOCCOCCOCCOCCOCCOCCOCCOCCNC(=O)OCc4ccccc4)cc3)cc12. The number of benzene rings is 4. The number of pyridine rings is 1. The third-order valence-electron chi connectivity index (χ3n) is 11.8. The van der Waals surface area contributed by atoms with Crippen molar-refractivity contribution in [1.82, 2.24) is 14.9 Å². The fraction of sp³-hybridized carbons (Fsp3) is 0.431. The van der Waals surface area contributed by atoms with E-state index in [1.807, 2.05) is 30.3 Å². The number of anilines is 1. The molecule has 0 atom stereocenters. The van der Waals surface area contributed by atoms with Crippen LogP contribution in [0.15, 0.2) is 102 Å². The van der Waals surface area contributed by atoms with Crippen LogP contribution in [0.2, 0.25) is 0 Å². The molecular formula is C58H73FN4O15. The first kappa shape index (κ1) is 60.5. The van der Waals surface area contributed by atoms with Crippen molar-refractivity contribution in [2.45, 2.75) is 39.9 Å². The number of fused-ring (bicyclic) bond motifs is 1. The lowest BCUT2D eigenvalue weighted by Crippen LogP contribution is -2.28. The number of alkyl carbamates (subject to hydrolysis) is 1. The summed E-state index contributed by atoms with van der Waals surface area (Å²) in [6, 6.07) is 26.0. The van der Waals surface area contributed by atoms with Gasteiger partial charge >= 0.3 is 6.09 Å². The largest absolute Gasteiger partial charge is 0.491 e. The molecule has 0 aliphatic rings. The molecule has 20 heteroatoms. The Balaban J connectivity index is 0.762. The zero-order valence-electron chi connectivity index (χ0n) is 45.2. The number of amides is 2. The predicted octanol–water partition coefficient (Wildman–Crippen LogP) is 8.00. The number of ether oxygens (including phenoxy) is 11. The van der Waals surface area contributed by atoms with Gasteiger partial charge in [0.05, 0.1) is 111 Å². The second kappa shape index (κ2) is 32.2. The van der Waals surface area contributed by atoms with Crippen molar-refractivity contribution in [2.24, 2.45) is 7.05 Å². The quantitative estimate of drug-likeness (QED) is 0.0274. The van der Waals surface area contributed by atoms with Gasteiger partial charge in [-0.3, -0.25) is 9.59 Å². The summed E-state index contributed by atoms with van der Waals surface area (Å²) >= 11 is 0. The van der Waals surface area contributed by atoms with Gasteiger partial charge in [0.15, 0.2) is 0 Å². The summed E-state index contributed by atoms with van der Waals surface area (Å²) in [6.45, 7) is 14.5. The Hall–Kier alpha value is -6.72. The van der Waals surface area contributed by atoms with E-state index in [0.717, 1.165) is 5.56 Å². The molecule has 6 rings (SSSR count). The first-order chi connectivity index (χ1) is 37.8. The lowest BCUT2D eigenvalue weighted by molar-refractivity contribution is -0.0235. The molecule has 0 aliphatic heterocycles. The molecule has 0 unspecified atom stereocenters. The van der Waals surface area contributed by atoms with E-state index < -0.39 is 17.6 Å². The van der Waals surface area contributed by atoms with Crippen LogP contribution >= 0.6 is 0 Å². The maximum atomic E-state index is 14.2. The lowest BCUT2D eigenvalue weighted by atomic mass is 9.93. The van der Waals surface area contributed by atoms with Gasteiger partial charge in [-0.15, -0.1) is 0 Å². The van der Waals surface area contributed by atoms with Crippen molar-refractivity contribution in [3.05, 3.63) is 141 Å². The Kier molecular flexibility index (Phi) is 25.0. The molecule has 2 heterocycles. The molecule has 0 saturated carbocycles. The maximum absolute atomic E-state index is 14.2. The van der Waals surface area contributed by atoms with Crippen molar-refractivity contribution < 1.29 is 71.2 Å². The molecule has 4 aromatic carbocycles. The average Bonchev–Trinajstić information content (AvgIpc) is 4.03. The number of aryl methyl sites for hydroxylation is 3. The summed E-state index contributed by atoms with van der Waals surface area (Å²) in [7, 11) is 1.62. The Bertz CT molecular complexity index is 2810. The Morgan fingerprint density at radius 3 is 1.72 bits per heavy atom. The Morgan fingerprint density at radius 1 is 0.654 bits per heavy atom. The minimum Gasteiger partial charge on any atom is -0.491 e. The third kappa shape index (κ3) is 20.3. The van der Waals surface area contributed by atoms with E-state index in [0.29, 0.717) is 175 Å². The number of hydrogen-bond acceptors (Lipinski definition) is 15. The Labute approximate surface area is 454 Å². The van der Waals surface area contributed by atoms with Gasteiger partial charge < -0.3 is 77.4 Å². The number of rotatable bonds is 36. The van der Waals surface area contributed by atoms with Crippen LogP contribution in [-0.4, -0.2) is 146 Å². The van der Waals surface area contributed by atoms with Gasteiger partial charge in [0, 0.05) is 42.0 Å². The number of carbonyl (C=O) groups excluding carboxylic acids is 2. The molecule has 2 amide bonds. The molecule has 2 aromatic heterocycles. The van der Waals surface area contributed by atoms with Crippen molar-refractivity contribution in [2.75, 3.05) is 124 Å². The molecule has 0 spiro atoms. The highest BCUT2D eigenvalue weighted by Crippen LogP contribution is 2.41. The first-order valence-corrected chi connectivity index (χ1v) is 25.9.